The summed E-state index contributed by atoms with van der Waals surface area (Å²) in [5, 5.41) is 3.48. The molecule has 0 fully saturated rings. The van der Waals surface area contributed by atoms with Crippen molar-refractivity contribution >= 4 is 39.1 Å². The van der Waals surface area contributed by atoms with Crippen LogP contribution >= 0.6 is 11.6 Å². The van der Waals surface area contributed by atoms with Crippen LogP contribution in [0.5, 0.6) is 0 Å². The van der Waals surface area contributed by atoms with Gasteiger partial charge in [0.1, 0.15) is 6.04 Å². The average Bonchev–Trinajstić information content (AvgIpc) is 2.71. The van der Waals surface area contributed by atoms with Crippen molar-refractivity contribution in [2.24, 2.45) is 0 Å². The van der Waals surface area contributed by atoms with E-state index in [1.54, 1.807) is 25.1 Å². The average molecular weight is 536 g/mol. The fourth-order valence-corrected chi connectivity index (χ4v) is 5.15. The maximum atomic E-state index is 13.4. The Morgan fingerprint density at radius 1 is 1.06 bits per heavy atom. The Morgan fingerprint density at radius 2 is 1.67 bits per heavy atom. The topological polar surface area (TPSA) is 86.8 Å². The fourth-order valence-electron chi connectivity index (χ4n) is 3.99. The Balaban J connectivity index is 2.22. The number of rotatable bonds is 10. The van der Waals surface area contributed by atoms with Crippen LogP contribution in [-0.2, 0) is 26.2 Å². The zero-order valence-electron chi connectivity index (χ0n) is 22.3. The van der Waals surface area contributed by atoms with Crippen molar-refractivity contribution in [2.45, 2.75) is 72.5 Å². The van der Waals surface area contributed by atoms with Gasteiger partial charge in [-0.1, -0.05) is 29.8 Å². The molecule has 0 aliphatic heterocycles. The van der Waals surface area contributed by atoms with Crippen LogP contribution in [0.4, 0.5) is 5.69 Å². The van der Waals surface area contributed by atoms with Crippen molar-refractivity contribution in [3.8, 4) is 0 Å². The Labute approximate surface area is 220 Å². The molecule has 36 heavy (non-hydrogen) atoms. The highest BCUT2D eigenvalue weighted by Gasteiger charge is 2.28. The quantitative estimate of drug-likeness (QED) is 0.472. The van der Waals surface area contributed by atoms with E-state index in [0.717, 1.165) is 22.9 Å². The molecule has 2 aromatic carbocycles. The van der Waals surface area contributed by atoms with E-state index >= 15 is 0 Å². The summed E-state index contributed by atoms with van der Waals surface area (Å²) in [6, 6.07) is 12.1. The maximum absolute atomic E-state index is 13.4. The number of hydrogen-bond donors (Lipinski definition) is 1. The zero-order valence-corrected chi connectivity index (χ0v) is 23.8. The number of carbonyl (C=O) groups excluding carboxylic acids is 2. The first-order valence-corrected chi connectivity index (χ1v) is 14.2. The molecule has 0 aliphatic rings. The number of carbonyl (C=O) groups is 2. The highest BCUT2D eigenvalue weighted by atomic mass is 35.5. The van der Waals surface area contributed by atoms with Crippen molar-refractivity contribution in [1.29, 1.82) is 0 Å². The van der Waals surface area contributed by atoms with E-state index in [1.165, 1.54) is 9.21 Å². The van der Waals surface area contributed by atoms with Crippen molar-refractivity contribution in [1.82, 2.24) is 10.2 Å². The maximum Gasteiger partial charge on any atom is 0.242 e. The van der Waals surface area contributed by atoms with Crippen LogP contribution in [0.25, 0.3) is 0 Å². The summed E-state index contributed by atoms with van der Waals surface area (Å²) in [5.74, 6) is -0.494. The third-order valence-electron chi connectivity index (χ3n) is 5.55. The van der Waals surface area contributed by atoms with Gasteiger partial charge in [0, 0.05) is 30.1 Å². The number of sulfonamides is 1. The molecule has 1 N–H and O–H groups in total. The highest BCUT2D eigenvalue weighted by Crippen LogP contribution is 2.22. The molecule has 0 bridgehead atoms. The first-order chi connectivity index (χ1) is 16.6. The van der Waals surface area contributed by atoms with Gasteiger partial charge in [-0.15, -0.1) is 0 Å². The first-order valence-electron chi connectivity index (χ1n) is 12.0. The number of hydrogen-bond acceptors (Lipinski definition) is 4. The van der Waals surface area contributed by atoms with Gasteiger partial charge in [-0.25, -0.2) is 8.42 Å². The molecule has 1 unspecified atom stereocenters. The van der Waals surface area contributed by atoms with E-state index in [2.05, 4.69) is 5.32 Å². The second-order valence-corrected chi connectivity index (χ2v) is 12.7. The lowest BCUT2D eigenvalue weighted by molar-refractivity contribution is -0.141. The summed E-state index contributed by atoms with van der Waals surface area (Å²) < 4.78 is 26.4. The molecule has 0 saturated heterocycles. The van der Waals surface area contributed by atoms with Gasteiger partial charge < -0.3 is 10.2 Å². The Kier molecular flexibility index (Phi) is 9.97. The molecule has 7 nitrogen and oxygen atoms in total. The SMILES string of the molecule is Cc1cc(C)cc(N(CCCC(=O)N(Cc2cccc(Cl)c2)C(C)C(=O)NC(C)(C)C)S(C)(=O)=O)c1. The zero-order chi connectivity index (χ0) is 27.3. The van der Waals surface area contributed by atoms with Crippen LogP contribution in [0, 0.1) is 13.8 Å². The largest absolute Gasteiger partial charge is 0.350 e. The second kappa shape index (κ2) is 12.1. The molecule has 0 heterocycles. The predicted molar refractivity (Wildman–Crippen MR) is 147 cm³/mol. The van der Waals surface area contributed by atoms with Gasteiger partial charge in [0.05, 0.1) is 11.9 Å². The first kappa shape index (κ1) is 29.6. The second-order valence-electron chi connectivity index (χ2n) is 10.4. The highest BCUT2D eigenvalue weighted by molar-refractivity contribution is 7.92. The Morgan fingerprint density at radius 3 is 2.19 bits per heavy atom. The molecular formula is C27H38ClN3O4S. The van der Waals surface area contributed by atoms with Gasteiger partial charge in [0.15, 0.2) is 0 Å². The number of aryl methyl sites for hydroxylation is 2. The van der Waals surface area contributed by atoms with Gasteiger partial charge in [0.2, 0.25) is 21.8 Å². The number of nitrogens with zero attached hydrogens (tertiary/aromatic N) is 2. The van der Waals surface area contributed by atoms with Crippen LogP contribution in [0.2, 0.25) is 5.02 Å². The number of amides is 2. The number of nitrogens with one attached hydrogen (secondary N) is 1. The fraction of sp³-hybridized carbons (Fsp3) is 0.481. The van der Waals surface area contributed by atoms with Crippen LogP contribution in [-0.4, -0.2) is 49.5 Å². The molecule has 0 saturated carbocycles. The summed E-state index contributed by atoms with van der Waals surface area (Å²) in [5.41, 5.74) is 2.86. The molecule has 9 heteroatoms. The molecule has 0 aromatic heterocycles. The lowest BCUT2D eigenvalue weighted by Crippen LogP contribution is -2.52. The predicted octanol–water partition coefficient (Wildman–Crippen LogP) is 4.84. The van der Waals surface area contributed by atoms with Gasteiger partial charge in [-0.2, -0.15) is 0 Å². The standard InChI is InChI=1S/C27H38ClN3O4S/c1-19-14-20(2)16-24(15-19)31(36(7,34)35)13-9-12-25(32)30(18-22-10-8-11-23(28)17-22)21(3)26(33)29-27(4,5)6/h8,10-11,14-17,21H,9,12-13,18H2,1-7H3,(H,29,33). The van der Waals surface area contributed by atoms with Crippen LogP contribution < -0.4 is 9.62 Å². The molecule has 0 aliphatic carbocycles. The number of halogens is 1. The minimum absolute atomic E-state index is 0.0878. The molecule has 198 valence electrons. The molecule has 1 atom stereocenters. The van der Waals surface area contributed by atoms with E-state index < -0.39 is 21.6 Å². The van der Waals surface area contributed by atoms with E-state index in [1.807, 2.05) is 58.9 Å². The molecule has 2 amide bonds. The van der Waals surface area contributed by atoms with Crippen LogP contribution in [0.1, 0.15) is 57.2 Å². The monoisotopic (exact) mass is 535 g/mol. The molecule has 0 radical (unpaired) electrons. The van der Waals surface area contributed by atoms with E-state index in [-0.39, 0.29) is 31.3 Å². The lowest BCUT2D eigenvalue weighted by Gasteiger charge is -2.32. The van der Waals surface area contributed by atoms with Gasteiger partial charge in [-0.05, 0) is 88.9 Å². The third kappa shape index (κ3) is 9.13. The summed E-state index contributed by atoms with van der Waals surface area (Å²) in [6.07, 6.45) is 1.56. The molecule has 2 aromatic rings. The van der Waals surface area contributed by atoms with Crippen LogP contribution in [0.15, 0.2) is 42.5 Å². The van der Waals surface area contributed by atoms with Crippen molar-refractivity contribution < 1.29 is 18.0 Å². The summed E-state index contributed by atoms with van der Waals surface area (Å²) >= 11 is 6.13. The Bertz CT molecular complexity index is 1170. The van der Waals surface area contributed by atoms with Crippen molar-refractivity contribution in [3.05, 3.63) is 64.2 Å². The van der Waals surface area contributed by atoms with Crippen LogP contribution in [0.3, 0.4) is 0 Å². The smallest absolute Gasteiger partial charge is 0.242 e. The lowest BCUT2D eigenvalue weighted by atomic mass is 10.1. The minimum atomic E-state index is -3.54. The normalized spacial score (nSPS) is 12.7. The van der Waals surface area contributed by atoms with E-state index in [0.29, 0.717) is 17.1 Å². The molecule has 0 spiro atoms. The van der Waals surface area contributed by atoms with Gasteiger partial charge >= 0.3 is 0 Å². The van der Waals surface area contributed by atoms with Gasteiger partial charge in [0.25, 0.3) is 0 Å². The molecular weight excluding hydrogens is 498 g/mol. The summed E-state index contributed by atoms with van der Waals surface area (Å²) in [4.78, 5) is 27.8. The minimum Gasteiger partial charge on any atom is -0.350 e. The van der Waals surface area contributed by atoms with Crippen molar-refractivity contribution in [2.75, 3.05) is 17.1 Å². The summed E-state index contributed by atoms with van der Waals surface area (Å²) in [6.45, 7) is 11.5. The van der Waals surface area contributed by atoms with Crippen molar-refractivity contribution in [3.63, 3.8) is 0 Å². The van der Waals surface area contributed by atoms with Gasteiger partial charge in [-0.3, -0.25) is 13.9 Å². The van der Waals surface area contributed by atoms with E-state index in [9.17, 15) is 18.0 Å². The number of anilines is 1. The Hall–Kier alpha value is -2.58. The van der Waals surface area contributed by atoms with E-state index in [4.69, 9.17) is 11.6 Å². The molecule has 2 rings (SSSR count). The third-order valence-corrected chi connectivity index (χ3v) is 6.98. The number of benzene rings is 2. The summed E-state index contributed by atoms with van der Waals surface area (Å²) in [7, 11) is -3.54.